The summed E-state index contributed by atoms with van der Waals surface area (Å²) in [6.07, 6.45) is 2.02. The van der Waals surface area contributed by atoms with E-state index in [2.05, 4.69) is 12.6 Å². The van der Waals surface area contributed by atoms with E-state index in [9.17, 15) is 8.42 Å². The summed E-state index contributed by atoms with van der Waals surface area (Å²) >= 11 is 4.06. The van der Waals surface area contributed by atoms with E-state index in [1.54, 1.807) is 18.2 Å². The van der Waals surface area contributed by atoms with Crippen LogP contribution in [0.4, 0.5) is 0 Å². The molecule has 0 radical (unpaired) electrons. The molecule has 0 atom stereocenters. The first-order chi connectivity index (χ1) is 7.04. The lowest BCUT2D eigenvalue weighted by Gasteiger charge is -2.06. The molecule has 0 amide bonds. The van der Waals surface area contributed by atoms with Crippen LogP contribution in [0, 0.1) is 0 Å². The summed E-state index contributed by atoms with van der Waals surface area (Å²) in [6, 6.07) is 6.51. The van der Waals surface area contributed by atoms with Crippen LogP contribution in [-0.2, 0) is 9.84 Å². The Morgan fingerprint density at radius 2 is 2.13 bits per heavy atom. The molecule has 0 aliphatic carbocycles. The fourth-order valence-corrected chi connectivity index (χ4v) is 1.83. The number of ether oxygens (including phenoxy) is 1. The van der Waals surface area contributed by atoms with Gasteiger partial charge in [0, 0.05) is 6.26 Å². The lowest BCUT2D eigenvalue weighted by atomic mass is 10.3. The largest absolute Gasteiger partial charge is 0.494 e. The summed E-state index contributed by atoms with van der Waals surface area (Å²) in [5, 5.41) is 0. The highest BCUT2D eigenvalue weighted by atomic mass is 32.2. The predicted molar refractivity (Wildman–Crippen MR) is 63.5 cm³/mol. The molecule has 5 heteroatoms. The Morgan fingerprint density at radius 3 is 2.73 bits per heavy atom. The smallest absolute Gasteiger partial charge is 0.175 e. The molecule has 0 N–H and O–H groups in total. The number of hydrogen-bond acceptors (Lipinski definition) is 4. The minimum atomic E-state index is -3.15. The second-order valence-electron chi connectivity index (χ2n) is 3.17. The average molecular weight is 246 g/mol. The van der Waals surface area contributed by atoms with Crippen LogP contribution in [0.25, 0.3) is 0 Å². The monoisotopic (exact) mass is 246 g/mol. The van der Waals surface area contributed by atoms with Gasteiger partial charge in [0.1, 0.15) is 5.75 Å². The van der Waals surface area contributed by atoms with E-state index in [4.69, 9.17) is 4.74 Å². The van der Waals surface area contributed by atoms with Gasteiger partial charge in [0.05, 0.1) is 11.5 Å². The zero-order valence-corrected chi connectivity index (χ0v) is 10.2. The first-order valence-electron chi connectivity index (χ1n) is 4.58. The Morgan fingerprint density at radius 1 is 1.40 bits per heavy atom. The van der Waals surface area contributed by atoms with E-state index in [1.807, 2.05) is 0 Å². The predicted octanol–water partition coefficient (Wildman–Crippen LogP) is 1.79. The highest BCUT2D eigenvalue weighted by Crippen LogP contribution is 2.17. The lowest BCUT2D eigenvalue weighted by molar-refractivity contribution is 0.318. The van der Waals surface area contributed by atoms with Crippen LogP contribution in [0.3, 0.4) is 0 Å². The lowest BCUT2D eigenvalue weighted by Crippen LogP contribution is -2.00. The minimum absolute atomic E-state index is 0.283. The zero-order valence-electron chi connectivity index (χ0n) is 8.51. The third-order valence-electron chi connectivity index (χ3n) is 1.80. The summed E-state index contributed by atoms with van der Waals surface area (Å²) < 4.78 is 27.9. The van der Waals surface area contributed by atoms with Crippen molar-refractivity contribution in [1.29, 1.82) is 0 Å². The number of thiol groups is 1. The number of sulfone groups is 1. The molecule has 0 aliphatic rings. The summed E-state index contributed by atoms with van der Waals surface area (Å²) in [5.41, 5.74) is 0. The van der Waals surface area contributed by atoms with Gasteiger partial charge < -0.3 is 4.74 Å². The van der Waals surface area contributed by atoms with Gasteiger partial charge >= 0.3 is 0 Å². The van der Waals surface area contributed by atoms with Crippen molar-refractivity contribution in [2.75, 3.05) is 18.6 Å². The van der Waals surface area contributed by atoms with Crippen LogP contribution < -0.4 is 4.74 Å². The first kappa shape index (κ1) is 12.4. The summed E-state index contributed by atoms with van der Waals surface area (Å²) in [6.45, 7) is 0.552. The van der Waals surface area contributed by atoms with Gasteiger partial charge in [0.2, 0.25) is 0 Å². The summed E-state index contributed by atoms with van der Waals surface area (Å²) in [4.78, 5) is 0.283. The van der Waals surface area contributed by atoms with Crippen molar-refractivity contribution in [3.63, 3.8) is 0 Å². The van der Waals surface area contributed by atoms with Gasteiger partial charge in [-0.3, -0.25) is 0 Å². The van der Waals surface area contributed by atoms with Crippen LogP contribution in [-0.4, -0.2) is 27.0 Å². The maximum atomic E-state index is 11.2. The average Bonchev–Trinajstić information content (AvgIpc) is 2.17. The molecule has 1 aromatic rings. The molecule has 0 fully saturated rings. The summed E-state index contributed by atoms with van der Waals surface area (Å²) in [7, 11) is -3.15. The van der Waals surface area contributed by atoms with E-state index >= 15 is 0 Å². The standard InChI is InChI=1S/C10H14O3S2/c1-15(11,12)10-5-2-4-9(8-10)13-6-3-7-14/h2,4-5,8,14H,3,6-7H2,1H3. The molecule has 0 unspecified atom stereocenters. The van der Waals surface area contributed by atoms with Crippen molar-refractivity contribution in [2.24, 2.45) is 0 Å². The Kier molecular flexibility index (Phi) is 4.47. The fourth-order valence-electron chi connectivity index (χ4n) is 1.05. The van der Waals surface area contributed by atoms with Gasteiger partial charge in [-0.15, -0.1) is 0 Å². The highest BCUT2D eigenvalue weighted by Gasteiger charge is 2.07. The van der Waals surface area contributed by atoms with Crippen molar-refractivity contribution in [3.05, 3.63) is 24.3 Å². The van der Waals surface area contributed by atoms with Crippen LogP contribution >= 0.6 is 12.6 Å². The minimum Gasteiger partial charge on any atom is -0.494 e. The molecular weight excluding hydrogens is 232 g/mol. The number of hydrogen-bond donors (Lipinski definition) is 1. The SMILES string of the molecule is CS(=O)(=O)c1cccc(OCCCS)c1. The second kappa shape index (κ2) is 5.42. The summed E-state index contributed by atoms with van der Waals surface area (Å²) in [5.74, 6) is 1.34. The van der Waals surface area contributed by atoms with E-state index in [0.717, 1.165) is 12.2 Å². The van der Waals surface area contributed by atoms with Gasteiger partial charge in [-0.1, -0.05) is 6.07 Å². The van der Waals surface area contributed by atoms with Crippen molar-refractivity contribution in [1.82, 2.24) is 0 Å². The molecule has 0 saturated heterocycles. The van der Waals surface area contributed by atoms with Crippen molar-refractivity contribution in [2.45, 2.75) is 11.3 Å². The Hall–Kier alpha value is -0.680. The molecule has 3 nitrogen and oxygen atoms in total. The van der Waals surface area contributed by atoms with Crippen molar-refractivity contribution in [3.8, 4) is 5.75 Å². The molecule has 0 saturated carbocycles. The van der Waals surface area contributed by atoms with Crippen LogP contribution in [0.5, 0.6) is 5.75 Å². The van der Waals surface area contributed by atoms with Crippen LogP contribution in [0.15, 0.2) is 29.2 Å². The Labute approximate surface area is 95.8 Å². The second-order valence-corrected chi connectivity index (χ2v) is 5.64. The normalized spacial score (nSPS) is 11.3. The zero-order chi connectivity index (χ0) is 11.3. The molecule has 0 aliphatic heterocycles. The van der Waals surface area contributed by atoms with E-state index in [0.29, 0.717) is 12.4 Å². The first-order valence-corrected chi connectivity index (χ1v) is 7.10. The number of benzene rings is 1. The van der Waals surface area contributed by atoms with Gasteiger partial charge in [0.15, 0.2) is 9.84 Å². The molecule has 84 valence electrons. The van der Waals surface area contributed by atoms with E-state index in [-0.39, 0.29) is 4.90 Å². The van der Waals surface area contributed by atoms with E-state index < -0.39 is 9.84 Å². The van der Waals surface area contributed by atoms with Gasteiger partial charge in [0.25, 0.3) is 0 Å². The fraction of sp³-hybridized carbons (Fsp3) is 0.400. The maximum absolute atomic E-state index is 11.2. The molecule has 0 bridgehead atoms. The molecule has 0 aromatic heterocycles. The molecule has 15 heavy (non-hydrogen) atoms. The third kappa shape index (κ3) is 4.13. The molecule has 0 heterocycles. The van der Waals surface area contributed by atoms with E-state index in [1.165, 1.54) is 12.3 Å². The maximum Gasteiger partial charge on any atom is 0.175 e. The Bertz CT molecular complexity index is 412. The third-order valence-corrected chi connectivity index (χ3v) is 3.23. The topological polar surface area (TPSA) is 43.4 Å². The van der Waals surface area contributed by atoms with Crippen LogP contribution in [0.2, 0.25) is 0 Å². The van der Waals surface area contributed by atoms with Crippen molar-refractivity contribution < 1.29 is 13.2 Å². The van der Waals surface area contributed by atoms with Crippen LogP contribution in [0.1, 0.15) is 6.42 Å². The van der Waals surface area contributed by atoms with Gasteiger partial charge in [-0.25, -0.2) is 8.42 Å². The Balaban J connectivity index is 2.75. The quantitative estimate of drug-likeness (QED) is 0.636. The molecule has 0 spiro atoms. The molecule has 1 rings (SSSR count). The van der Waals surface area contributed by atoms with Crippen molar-refractivity contribution >= 4 is 22.5 Å². The molecule has 1 aromatic carbocycles. The van der Waals surface area contributed by atoms with Gasteiger partial charge in [-0.2, -0.15) is 12.6 Å². The molecular formula is C10H14O3S2. The highest BCUT2D eigenvalue weighted by molar-refractivity contribution is 7.90. The van der Waals surface area contributed by atoms with Gasteiger partial charge in [-0.05, 0) is 30.4 Å². The number of rotatable bonds is 5.